The summed E-state index contributed by atoms with van der Waals surface area (Å²) in [4.78, 5) is 14.5. The van der Waals surface area contributed by atoms with Crippen molar-refractivity contribution >= 4 is 31.4 Å². The molecule has 3 rings (SSSR count). The Hall–Kier alpha value is -2.15. The molecule has 0 aliphatic heterocycles. The molecule has 1 amide bonds. The van der Waals surface area contributed by atoms with Gasteiger partial charge in [-0.3, -0.25) is 0 Å². The summed E-state index contributed by atoms with van der Waals surface area (Å²) in [5.41, 5.74) is 1.41. The second-order valence-electron chi connectivity index (χ2n) is 7.06. The zero-order valence-corrected chi connectivity index (χ0v) is 17.6. The van der Waals surface area contributed by atoms with Gasteiger partial charge in [0, 0.05) is 0 Å². The quantitative estimate of drug-likeness (QED) is 0.417. The number of alkyl halides is 1. The van der Waals surface area contributed by atoms with Crippen molar-refractivity contribution in [2.24, 2.45) is 0 Å². The van der Waals surface area contributed by atoms with Gasteiger partial charge in [-0.05, 0) is 0 Å². The van der Waals surface area contributed by atoms with E-state index in [1.165, 1.54) is 3.57 Å². The van der Waals surface area contributed by atoms with Crippen molar-refractivity contribution in [2.75, 3.05) is 10.2 Å². The molecule has 1 aromatic heterocycles. The second kappa shape index (κ2) is 7.61. The number of hydrogen-bond donors (Lipinski definition) is 1. The van der Waals surface area contributed by atoms with Crippen LogP contribution in [0.25, 0.3) is 0 Å². The van der Waals surface area contributed by atoms with E-state index in [0.29, 0.717) is 5.56 Å². The maximum atomic E-state index is 12.2. The summed E-state index contributed by atoms with van der Waals surface area (Å²) >= 11 is -1.60. The molecule has 0 aliphatic rings. The van der Waals surface area contributed by atoms with E-state index in [0.717, 1.165) is 15.1 Å². The molecule has 0 bridgehead atoms. The van der Waals surface area contributed by atoms with E-state index in [2.05, 4.69) is 54.4 Å². The predicted molar refractivity (Wildman–Crippen MR) is 113 cm³/mol. The van der Waals surface area contributed by atoms with Crippen molar-refractivity contribution in [3.8, 4) is 0 Å². The molecular formula is C21H23IN2O2. The van der Waals surface area contributed by atoms with E-state index in [4.69, 9.17) is 4.52 Å². The van der Waals surface area contributed by atoms with Gasteiger partial charge >= 0.3 is 162 Å². The standard InChI is InChI=1S/C21H23IN2O2/c1-21(2,3)18-14-19(24-26-18)22(4)16-10-12-17(13-11-16)23-20(25)15-8-6-5-7-9-15/h5-14H,1-4H3,(H,23,25). The average molecular weight is 462 g/mol. The van der Waals surface area contributed by atoms with Crippen LogP contribution in [-0.2, 0) is 5.41 Å². The first kappa shape index (κ1) is 18.6. The fraction of sp³-hybridized carbons (Fsp3) is 0.238. The molecule has 0 atom stereocenters. The van der Waals surface area contributed by atoms with Gasteiger partial charge in [0.1, 0.15) is 0 Å². The average Bonchev–Trinajstić information content (AvgIpc) is 3.13. The molecule has 3 aromatic rings. The van der Waals surface area contributed by atoms with Gasteiger partial charge < -0.3 is 0 Å². The molecule has 0 radical (unpaired) electrons. The molecule has 0 saturated carbocycles. The Labute approximate surface area is 161 Å². The van der Waals surface area contributed by atoms with Crippen LogP contribution in [0.2, 0.25) is 0 Å². The minimum absolute atomic E-state index is 0.0339. The maximum absolute atomic E-state index is 12.2. The molecule has 4 nitrogen and oxygen atoms in total. The first-order chi connectivity index (χ1) is 12.3. The normalized spacial score (nSPS) is 11.9. The van der Waals surface area contributed by atoms with Crippen molar-refractivity contribution in [1.29, 1.82) is 0 Å². The summed E-state index contributed by atoms with van der Waals surface area (Å²) in [6.45, 7) is 6.36. The van der Waals surface area contributed by atoms with Crippen LogP contribution in [0.15, 0.2) is 65.2 Å². The Morgan fingerprint density at radius 2 is 1.69 bits per heavy atom. The van der Waals surface area contributed by atoms with E-state index in [1.54, 1.807) is 12.1 Å². The van der Waals surface area contributed by atoms with Crippen molar-refractivity contribution in [3.63, 3.8) is 0 Å². The Bertz CT molecular complexity index is 880. The number of carbonyl (C=O) groups excluding carboxylic acids is 1. The monoisotopic (exact) mass is 462 g/mol. The number of nitrogens with zero attached hydrogens (tertiary/aromatic N) is 1. The molecule has 136 valence electrons. The minimum atomic E-state index is -1.60. The molecule has 26 heavy (non-hydrogen) atoms. The SMILES string of the molecule is CI(c1ccc(NC(=O)c2ccccc2)cc1)c1cc(C(C)(C)C)on1. The van der Waals surface area contributed by atoms with Crippen LogP contribution in [0, 0.1) is 7.27 Å². The molecule has 0 fully saturated rings. The first-order valence-corrected chi connectivity index (χ1v) is 12.7. The fourth-order valence-corrected chi connectivity index (χ4v) is 5.59. The predicted octanol–water partition coefficient (Wildman–Crippen LogP) is 5.40. The molecule has 2 aromatic carbocycles. The Kier molecular flexibility index (Phi) is 5.46. The zero-order valence-electron chi connectivity index (χ0n) is 15.4. The number of halogens is 1. The molecule has 0 saturated heterocycles. The van der Waals surface area contributed by atoms with Gasteiger partial charge in [-0.25, -0.2) is 0 Å². The van der Waals surface area contributed by atoms with Gasteiger partial charge in [-0.2, -0.15) is 0 Å². The van der Waals surface area contributed by atoms with E-state index >= 15 is 0 Å². The third-order valence-electron chi connectivity index (χ3n) is 3.98. The fourth-order valence-electron chi connectivity index (χ4n) is 2.37. The molecule has 1 N–H and O–H groups in total. The van der Waals surface area contributed by atoms with E-state index in [9.17, 15) is 4.79 Å². The van der Waals surface area contributed by atoms with Crippen molar-refractivity contribution < 1.29 is 9.32 Å². The molecule has 0 aliphatic carbocycles. The van der Waals surface area contributed by atoms with Gasteiger partial charge in [0.25, 0.3) is 0 Å². The topological polar surface area (TPSA) is 55.1 Å². The third-order valence-corrected chi connectivity index (χ3v) is 8.73. The number of hydrogen-bond acceptors (Lipinski definition) is 3. The third kappa shape index (κ3) is 4.33. The van der Waals surface area contributed by atoms with E-state index in [1.807, 2.05) is 30.3 Å². The summed E-state index contributed by atoms with van der Waals surface area (Å²) in [5, 5.41) is 7.23. The van der Waals surface area contributed by atoms with Crippen LogP contribution < -0.4 is 5.32 Å². The van der Waals surface area contributed by atoms with Gasteiger partial charge in [0.05, 0.1) is 0 Å². The summed E-state index contributed by atoms with van der Waals surface area (Å²) in [5.74, 6) is 0.819. The second-order valence-corrected chi connectivity index (χ2v) is 12.1. The number of aromatic nitrogens is 1. The number of amides is 1. The van der Waals surface area contributed by atoms with Gasteiger partial charge in [0.15, 0.2) is 0 Å². The molecular weight excluding hydrogens is 439 g/mol. The summed E-state index contributed by atoms with van der Waals surface area (Å²) in [6, 6.07) is 19.4. The van der Waals surface area contributed by atoms with E-state index in [-0.39, 0.29) is 11.3 Å². The van der Waals surface area contributed by atoms with Gasteiger partial charge in [0.2, 0.25) is 0 Å². The van der Waals surface area contributed by atoms with Crippen molar-refractivity contribution in [2.45, 2.75) is 26.2 Å². The van der Waals surface area contributed by atoms with E-state index < -0.39 is 19.8 Å². The number of nitrogens with one attached hydrogen (secondary N) is 1. The summed E-state index contributed by atoms with van der Waals surface area (Å²) < 4.78 is 7.88. The number of rotatable bonds is 4. The van der Waals surface area contributed by atoms with Crippen LogP contribution in [0.5, 0.6) is 0 Å². The molecule has 0 spiro atoms. The van der Waals surface area contributed by atoms with Crippen molar-refractivity contribution in [1.82, 2.24) is 5.16 Å². The summed E-state index contributed by atoms with van der Waals surface area (Å²) in [7, 11) is 0. The Morgan fingerprint density at radius 3 is 2.27 bits per heavy atom. The van der Waals surface area contributed by atoms with Crippen molar-refractivity contribution in [3.05, 3.63) is 79.3 Å². The Morgan fingerprint density at radius 1 is 1.04 bits per heavy atom. The number of benzene rings is 2. The number of anilines is 1. The molecule has 5 heteroatoms. The summed E-state index contributed by atoms with van der Waals surface area (Å²) in [6.07, 6.45) is 0. The van der Waals surface area contributed by atoms with Crippen LogP contribution in [0.1, 0.15) is 36.9 Å². The van der Waals surface area contributed by atoms with Crippen LogP contribution in [0.4, 0.5) is 5.69 Å². The van der Waals surface area contributed by atoms with Crippen LogP contribution in [-0.4, -0.2) is 16.0 Å². The zero-order chi connectivity index (χ0) is 18.7. The first-order valence-electron chi connectivity index (χ1n) is 8.38. The molecule has 0 unspecified atom stereocenters. The Balaban J connectivity index is 1.71. The van der Waals surface area contributed by atoms with Crippen LogP contribution in [0.3, 0.4) is 0 Å². The van der Waals surface area contributed by atoms with Gasteiger partial charge in [-0.15, -0.1) is 0 Å². The van der Waals surface area contributed by atoms with Gasteiger partial charge in [-0.1, -0.05) is 0 Å². The molecule has 1 heterocycles. The van der Waals surface area contributed by atoms with Crippen LogP contribution >= 0.6 is 19.8 Å². The number of carbonyl (C=O) groups is 1.